The average Bonchev–Trinajstić information content (AvgIpc) is 2.43. The molecule has 1 fully saturated rings. The number of allylic oxidation sites excluding steroid dienone is 1. The lowest BCUT2D eigenvalue weighted by Crippen LogP contribution is -2.26. The van der Waals surface area contributed by atoms with E-state index in [1.165, 1.54) is 0 Å². The third-order valence-electron chi connectivity index (χ3n) is 1.55. The molecule has 0 radical (unpaired) electrons. The van der Waals surface area contributed by atoms with E-state index in [2.05, 4.69) is 0 Å². The van der Waals surface area contributed by atoms with E-state index in [9.17, 15) is 0 Å². The van der Waals surface area contributed by atoms with Crippen LogP contribution in [0.25, 0.3) is 0 Å². The van der Waals surface area contributed by atoms with Crippen molar-refractivity contribution in [1.29, 1.82) is 0 Å². The van der Waals surface area contributed by atoms with Crippen molar-refractivity contribution in [2.75, 3.05) is 7.05 Å². The molecule has 2 heterocycles. The number of fused-ring (bicyclic) bond motifs is 1. The second kappa shape index (κ2) is 1.49. The highest BCUT2D eigenvalue weighted by Crippen LogP contribution is 2.31. The van der Waals surface area contributed by atoms with Crippen molar-refractivity contribution < 1.29 is 9.57 Å². The quantitative estimate of drug-likeness (QED) is 0.443. The van der Waals surface area contributed by atoms with Crippen LogP contribution in [0, 0.1) is 0 Å². The molecule has 0 N–H and O–H groups in total. The molecule has 0 aromatic carbocycles. The van der Waals surface area contributed by atoms with E-state index in [1.807, 2.05) is 20.0 Å². The van der Waals surface area contributed by atoms with Gasteiger partial charge >= 0.3 is 0 Å². The summed E-state index contributed by atoms with van der Waals surface area (Å²) in [4.78, 5) is 5.21. The molecule has 2 rings (SSSR count). The van der Waals surface area contributed by atoms with Crippen LogP contribution in [0.3, 0.4) is 0 Å². The minimum atomic E-state index is 0.189. The smallest absolute Gasteiger partial charge is 0.173 e. The number of rotatable bonds is 0. The summed E-state index contributed by atoms with van der Waals surface area (Å²) < 4.78 is 5.18. The van der Waals surface area contributed by atoms with Crippen molar-refractivity contribution in [2.45, 2.75) is 19.3 Å². The number of hydrogen-bond acceptors (Lipinski definition) is 3. The first-order valence-corrected chi connectivity index (χ1v) is 3.02. The maximum absolute atomic E-state index is 5.21. The molecular weight excluding hydrogens is 118 g/mol. The molecular formula is C6H9NO2. The highest BCUT2D eigenvalue weighted by atomic mass is 16.8. The summed E-state index contributed by atoms with van der Waals surface area (Å²) in [5.74, 6) is 0.927. The van der Waals surface area contributed by atoms with Gasteiger partial charge in [-0.2, -0.15) is 0 Å². The number of ether oxygens (including phenoxy) is 1. The zero-order chi connectivity index (χ0) is 6.43. The first kappa shape index (κ1) is 5.26. The fraction of sp³-hybridized carbons (Fsp3) is 0.667. The van der Waals surface area contributed by atoms with Gasteiger partial charge in [0, 0.05) is 7.05 Å². The highest BCUT2D eigenvalue weighted by Gasteiger charge is 2.45. The Morgan fingerprint density at radius 1 is 1.67 bits per heavy atom. The predicted molar refractivity (Wildman–Crippen MR) is 31.3 cm³/mol. The first-order valence-electron chi connectivity index (χ1n) is 3.02. The Balaban J connectivity index is 2.16. The summed E-state index contributed by atoms with van der Waals surface area (Å²) in [5.41, 5.74) is 0. The number of epoxide rings is 1. The van der Waals surface area contributed by atoms with Crippen LogP contribution in [0.2, 0.25) is 0 Å². The fourth-order valence-corrected chi connectivity index (χ4v) is 1.07. The molecule has 0 amide bonds. The van der Waals surface area contributed by atoms with Gasteiger partial charge in [0.05, 0.1) is 0 Å². The standard InChI is InChI=1S/C6H9NO2/c1-4-3-5-6(8-5)7(2)9-4/h3,5-6H,1-2H3. The maximum atomic E-state index is 5.21. The summed E-state index contributed by atoms with van der Waals surface area (Å²) in [7, 11) is 1.88. The van der Waals surface area contributed by atoms with Gasteiger partial charge in [0.15, 0.2) is 6.23 Å². The largest absolute Gasteiger partial charge is 0.409 e. The lowest BCUT2D eigenvalue weighted by molar-refractivity contribution is -0.129. The number of likely N-dealkylation sites (N-methyl/N-ethyl adjacent to an activating group) is 1. The van der Waals surface area contributed by atoms with E-state index in [-0.39, 0.29) is 6.23 Å². The van der Waals surface area contributed by atoms with Crippen molar-refractivity contribution in [1.82, 2.24) is 5.06 Å². The second-order valence-electron chi connectivity index (χ2n) is 2.41. The maximum Gasteiger partial charge on any atom is 0.173 e. The number of hydrogen-bond donors (Lipinski definition) is 0. The molecule has 3 nitrogen and oxygen atoms in total. The van der Waals surface area contributed by atoms with Gasteiger partial charge in [0.25, 0.3) is 0 Å². The normalized spacial score (nSPS) is 40.9. The Kier molecular flexibility index (Phi) is 0.870. The van der Waals surface area contributed by atoms with E-state index in [0.29, 0.717) is 6.10 Å². The van der Waals surface area contributed by atoms with Crippen LogP contribution in [0.1, 0.15) is 6.92 Å². The van der Waals surface area contributed by atoms with Crippen LogP contribution in [0.5, 0.6) is 0 Å². The molecule has 0 saturated carbocycles. The molecule has 50 valence electrons. The SMILES string of the molecule is CC1=CC2OC2N(C)O1. The van der Waals surface area contributed by atoms with Gasteiger partial charge in [0.1, 0.15) is 11.9 Å². The van der Waals surface area contributed by atoms with Crippen LogP contribution in [0.4, 0.5) is 0 Å². The first-order chi connectivity index (χ1) is 4.27. The summed E-state index contributed by atoms with van der Waals surface area (Å²) in [6.07, 6.45) is 2.47. The summed E-state index contributed by atoms with van der Waals surface area (Å²) in [6, 6.07) is 0. The van der Waals surface area contributed by atoms with E-state index >= 15 is 0 Å². The Morgan fingerprint density at radius 3 is 3.11 bits per heavy atom. The minimum absolute atomic E-state index is 0.189. The fourth-order valence-electron chi connectivity index (χ4n) is 1.07. The monoisotopic (exact) mass is 127 g/mol. The van der Waals surface area contributed by atoms with Gasteiger partial charge in [-0.15, -0.1) is 5.06 Å². The molecule has 2 atom stereocenters. The van der Waals surface area contributed by atoms with Gasteiger partial charge < -0.3 is 9.57 Å². The van der Waals surface area contributed by atoms with Crippen molar-refractivity contribution >= 4 is 0 Å². The molecule has 0 bridgehead atoms. The highest BCUT2D eigenvalue weighted by molar-refractivity contribution is 5.07. The summed E-state index contributed by atoms with van der Waals surface area (Å²) >= 11 is 0. The number of nitrogens with zero attached hydrogens (tertiary/aromatic N) is 1. The molecule has 0 spiro atoms. The predicted octanol–water partition coefficient (Wildman–Crippen LogP) is 0.492. The third kappa shape index (κ3) is 0.730. The summed E-state index contributed by atoms with van der Waals surface area (Å²) in [5, 5.41) is 1.74. The van der Waals surface area contributed by atoms with Gasteiger partial charge in [-0.3, -0.25) is 0 Å². The van der Waals surface area contributed by atoms with E-state index in [4.69, 9.17) is 9.57 Å². The van der Waals surface area contributed by atoms with Crippen molar-refractivity contribution in [3.8, 4) is 0 Å². The van der Waals surface area contributed by atoms with Gasteiger partial charge in [-0.25, -0.2) is 0 Å². The Morgan fingerprint density at radius 2 is 2.44 bits per heavy atom. The Hall–Kier alpha value is -0.540. The van der Waals surface area contributed by atoms with Gasteiger partial charge in [-0.05, 0) is 13.0 Å². The molecule has 2 aliphatic rings. The van der Waals surface area contributed by atoms with Crippen molar-refractivity contribution in [2.24, 2.45) is 0 Å². The average molecular weight is 127 g/mol. The van der Waals surface area contributed by atoms with Crippen LogP contribution in [-0.2, 0) is 9.57 Å². The van der Waals surface area contributed by atoms with Crippen LogP contribution in [-0.4, -0.2) is 24.4 Å². The lowest BCUT2D eigenvalue weighted by Gasteiger charge is -2.17. The van der Waals surface area contributed by atoms with Gasteiger partial charge in [-0.1, -0.05) is 0 Å². The van der Waals surface area contributed by atoms with Crippen LogP contribution < -0.4 is 0 Å². The van der Waals surface area contributed by atoms with Crippen LogP contribution in [0.15, 0.2) is 11.8 Å². The molecule has 9 heavy (non-hydrogen) atoms. The molecule has 0 aromatic rings. The zero-order valence-corrected chi connectivity index (χ0v) is 5.50. The zero-order valence-electron chi connectivity index (χ0n) is 5.50. The van der Waals surface area contributed by atoms with E-state index < -0.39 is 0 Å². The lowest BCUT2D eigenvalue weighted by atomic mass is 10.3. The van der Waals surface area contributed by atoms with E-state index in [0.717, 1.165) is 5.76 Å². The molecule has 1 saturated heterocycles. The topological polar surface area (TPSA) is 25.0 Å². The summed E-state index contributed by atoms with van der Waals surface area (Å²) in [6.45, 7) is 1.92. The molecule has 0 aromatic heterocycles. The second-order valence-corrected chi connectivity index (χ2v) is 2.41. The number of hydroxylamine groups is 2. The Bertz CT molecular complexity index is 166. The van der Waals surface area contributed by atoms with Crippen molar-refractivity contribution in [3.63, 3.8) is 0 Å². The third-order valence-corrected chi connectivity index (χ3v) is 1.55. The molecule has 2 unspecified atom stereocenters. The van der Waals surface area contributed by atoms with Crippen molar-refractivity contribution in [3.05, 3.63) is 11.8 Å². The molecule has 2 aliphatic heterocycles. The van der Waals surface area contributed by atoms with E-state index in [1.54, 1.807) is 5.06 Å². The Labute approximate surface area is 53.8 Å². The van der Waals surface area contributed by atoms with Gasteiger partial charge in [0.2, 0.25) is 0 Å². The minimum Gasteiger partial charge on any atom is -0.409 e. The van der Waals surface area contributed by atoms with Crippen LogP contribution >= 0.6 is 0 Å². The molecule has 3 heteroatoms. The molecule has 0 aliphatic carbocycles.